The second-order valence-electron chi connectivity index (χ2n) is 2.20. The molecular weight excluding hydrogens is 336 g/mol. The van der Waals surface area contributed by atoms with E-state index in [9.17, 15) is 4.39 Å². The van der Waals surface area contributed by atoms with E-state index >= 15 is 0 Å². The van der Waals surface area contributed by atoms with Crippen LogP contribution in [0.5, 0.6) is 0 Å². The summed E-state index contributed by atoms with van der Waals surface area (Å²) in [7, 11) is 0. The summed E-state index contributed by atoms with van der Waals surface area (Å²) in [4.78, 5) is 0. The Bertz CT molecular complexity index is 346. The molecular formula is C8H4BrFIN. The summed E-state index contributed by atoms with van der Waals surface area (Å²) < 4.78 is 14.5. The van der Waals surface area contributed by atoms with E-state index in [0.29, 0.717) is 9.13 Å². The highest BCUT2D eigenvalue weighted by molar-refractivity contribution is 14.1. The molecule has 12 heavy (non-hydrogen) atoms. The molecule has 0 atom stereocenters. The van der Waals surface area contributed by atoms with Crippen molar-refractivity contribution in [2.45, 2.75) is 6.42 Å². The lowest BCUT2D eigenvalue weighted by Crippen LogP contribution is -1.92. The second kappa shape index (κ2) is 4.19. The molecule has 0 unspecified atom stereocenters. The summed E-state index contributed by atoms with van der Waals surface area (Å²) in [5.41, 5.74) is 0.441. The van der Waals surface area contributed by atoms with Crippen LogP contribution in [0.4, 0.5) is 4.39 Å². The number of nitrogens with zero attached hydrogens (tertiary/aromatic N) is 1. The molecule has 0 spiro atoms. The van der Waals surface area contributed by atoms with Crippen LogP contribution >= 0.6 is 38.5 Å². The van der Waals surface area contributed by atoms with Crippen molar-refractivity contribution in [2.24, 2.45) is 0 Å². The number of hydrogen-bond acceptors (Lipinski definition) is 1. The molecule has 1 nitrogen and oxygen atoms in total. The summed E-state index contributed by atoms with van der Waals surface area (Å²) in [6.45, 7) is 0. The zero-order valence-corrected chi connectivity index (χ0v) is 9.69. The molecule has 0 saturated heterocycles. The topological polar surface area (TPSA) is 23.8 Å². The van der Waals surface area contributed by atoms with Gasteiger partial charge in [0.2, 0.25) is 0 Å². The molecule has 0 amide bonds. The number of nitriles is 1. The van der Waals surface area contributed by atoms with E-state index in [1.165, 1.54) is 0 Å². The number of rotatable bonds is 1. The minimum atomic E-state index is -0.291. The fourth-order valence-electron chi connectivity index (χ4n) is 0.823. The predicted octanol–water partition coefficient (Wildman–Crippen LogP) is 3.26. The second-order valence-corrected chi connectivity index (χ2v) is 4.27. The Labute approximate surface area is 91.8 Å². The van der Waals surface area contributed by atoms with Gasteiger partial charge in [-0.05, 0) is 34.7 Å². The Morgan fingerprint density at radius 1 is 1.58 bits per heavy atom. The van der Waals surface area contributed by atoms with E-state index in [1.54, 1.807) is 12.1 Å². The number of benzene rings is 1. The first-order chi connectivity index (χ1) is 5.65. The van der Waals surface area contributed by atoms with Crippen LogP contribution in [0.15, 0.2) is 16.6 Å². The third kappa shape index (κ3) is 2.17. The maximum Gasteiger partial charge on any atom is 0.140 e. The van der Waals surface area contributed by atoms with Gasteiger partial charge in [-0.3, -0.25) is 0 Å². The molecule has 4 heteroatoms. The molecule has 0 radical (unpaired) electrons. The monoisotopic (exact) mass is 339 g/mol. The van der Waals surface area contributed by atoms with Gasteiger partial charge >= 0.3 is 0 Å². The molecule has 0 saturated carbocycles. The molecule has 0 aliphatic heterocycles. The van der Waals surface area contributed by atoms with E-state index in [0.717, 1.165) is 4.47 Å². The molecule has 62 valence electrons. The van der Waals surface area contributed by atoms with E-state index < -0.39 is 0 Å². The lowest BCUT2D eigenvalue weighted by molar-refractivity contribution is 0.607. The van der Waals surface area contributed by atoms with Crippen molar-refractivity contribution in [2.75, 3.05) is 0 Å². The smallest absolute Gasteiger partial charge is 0.140 e. The maximum absolute atomic E-state index is 13.2. The molecule has 0 aliphatic carbocycles. The van der Waals surface area contributed by atoms with Crippen molar-refractivity contribution in [3.8, 4) is 6.07 Å². The van der Waals surface area contributed by atoms with Gasteiger partial charge in [-0.2, -0.15) is 5.26 Å². The van der Waals surface area contributed by atoms with Crippen molar-refractivity contribution in [1.29, 1.82) is 5.26 Å². The predicted molar refractivity (Wildman–Crippen MR) is 56.1 cm³/mol. The third-order valence-corrected chi connectivity index (χ3v) is 2.58. The minimum absolute atomic E-state index is 0.112. The van der Waals surface area contributed by atoms with Gasteiger partial charge < -0.3 is 0 Å². The quantitative estimate of drug-likeness (QED) is 0.569. The Kier molecular flexibility index (Phi) is 3.47. The summed E-state index contributed by atoms with van der Waals surface area (Å²) in [5.74, 6) is -0.291. The van der Waals surface area contributed by atoms with Crippen molar-refractivity contribution < 1.29 is 4.39 Å². The normalized spacial score (nSPS) is 9.50. The average Bonchev–Trinajstić information content (AvgIpc) is 2.00. The molecule has 1 rings (SSSR count). The molecule has 0 N–H and O–H groups in total. The molecule has 0 bridgehead atoms. The SMILES string of the molecule is N#CCc1cc(Br)cc(I)c1F. The van der Waals surface area contributed by atoms with Crippen molar-refractivity contribution >= 4 is 38.5 Å². The third-order valence-electron chi connectivity index (χ3n) is 1.34. The van der Waals surface area contributed by atoms with Gasteiger partial charge in [0.15, 0.2) is 0 Å². The first-order valence-electron chi connectivity index (χ1n) is 3.15. The number of halogens is 3. The van der Waals surface area contributed by atoms with Crippen LogP contribution in [-0.2, 0) is 6.42 Å². The van der Waals surface area contributed by atoms with Gasteiger partial charge in [0, 0.05) is 10.0 Å². The molecule has 0 fully saturated rings. The van der Waals surface area contributed by atoms with Crippen molar-refractivity contribution in [1.82, 2.24) is 0 Å². The van der Waals surface area contributed by atoms with E-state index in [4.69, 9.17) is 5.26 Å². The highest BCUT2D eigenvalue weighted by atomic mass is 127. The Balaban J connectivity index is 3.20. The molecule has 1 aromatic rings. The molecule has 0 aliphatic rings. The standard InChI is InChI=1S/C8H4BrFIN/c9-6-3-5(1-2-12)8(10)7(11)4-6/h3-4H,1H2. The summed E-state index contributed by atoms with van der Waals surface area (Å²) in [6, 6.07) is 5.22. The van der Waals surface area contributed by atoms with Crippen LogP contribution < -0.4 is 0 Å². The van der Waals surface area contributed by atoms with E-state index in [-0.39, 0.29) is 12.2 Å². The van der Waals surface area contributed by atoms with Crippen LogP contribution in [-0.4, -0.2) is 0 Å². The van der Waals surface area contributed by atoms with Crippen molar-refractivity contribution in [3.05, 3.63) is 31.6 Å². The molecule has 1 aromatic carbocycles. The average molecular weight is 340 g/mol. The summed E-state index contributed by atoms with van der Waals surface area (Å²) >= 11 is 5.14. The number of hydrogen-bond donors (Lipinski definition) is 0. The Morgan fingerprint density at radius 3 is 2.83 bits per heavy atom. The lowest BCUT2D eigenvalue weighted by Gasteiger charge is -2.01. The summed E-state index contributed by atoms with van der Waals surface area (Å²) in [6.07, 6.45) is 0.112. The fraction of sp³-hybridized carbons (Fsp3) is 0.125. The fourth-order valence-corrected chi connectivity index (χ4v) is 2.44. The van der Waals surface area contributed by atoms with E-state index in [2.05, 4.69) is 15.9 Å². The minimum Gasteiger partial charge on any atom is -0.205 e. The van der Waals surface area contributed by atoms with Crippen LogP contribution in [0.25, 0.3) is 0 Å². The molecule has 0 heterocycles. The van der Waals surface area contributed by atoms with Gasteiger partial charge in [-0.15, -0.1) is 0 Å². The van der Waals surface area contributed by atoms with Crippen LogP contribution in [0, 0.1) is 20.7 Å². The Hall–Kier alpha value is -0.150. The summed E-state index contributed by atoms with van der Waals surface area (Å²) in [5, 5.41) is 8.39. The zero-order chi connectivity index (χ0) is 9.14. The van der Waals surface area contributed by atoms with Gasteiger partial charge in [-0.1, -0.05) is 15.9 Å². The van der Waals surface area contributed by atoms with Crippen LogP contribution in [0.2, 0.25) is 0 Å². The van der Waals surface area contributed by atoms with Crippen LogP contribution in [0.3, 0.4) is 0 Å². The first kappa shape index (κ1) is 9.93. The van der Waals surface area contributed by atoms with Gasteiger partial charge in [0.05, 0.1) is 16.1 Å². The highest BCUT2D eigenvalue weighted by Crippen LogP contribution is 2.21. The Morgan fingerprint density at radius 2 is 2.25 bits per heavy atom. The van der Waals surface area contributed by atoms with Gasteiger partial charge in [0.1, 0.15) is 5.82 Å². The maximum atomic E-state index is 13.2. The van der Waals surface area contributed by atoms with E-state index in [1.807, 2.05) is 28.7 Å². The van der Waals surface area contributed by atoms with Gasteiger partial charge in [0.25, 0.3) is 0 Å². The molecule has 0 aromatic heterocycles. The lowest BCUT2D eigenvalue weighted by atomic mass is 10.1. The zero-order valence-electron chi connectivity index (χ0n) is 5.94. The first-order valence-corrected chi connectivity index (χ1v) is 5.02. The van der Waals surface area contributed by atoms with Crippen molar-refractivity contribution in [3.63, 3.8) is 0 Å². The highest BCUT2D eigenvalue weighted by Gasteiger charge is 2.06. The largest absolute Gasteiger partial charge is 0.205 e. The van der Waals surface area contributed by atoms with Crippen LogP contribution in [0.1, 0.15) is 5.56 Å². The van der Waals surface area contributed by atoms with Gasteiger partial charge in [-0.25, -0.2) is 4.39 Å².